The first-order valence-electron chi connectivity index (χ1n) is 7.18. The summed E-state index contributed by atoms with van der Waals surface area (Å²) in [6.45, 7) is 0. The molecule has 0 atom stereocenters. The molecule has 4 aromatic heterocycles. The zero-order chi connectivity index (χ0) is 16.7. The molecule has 24 heavy (non-hydrogen) atoms. The Kier molecular flexibility index (Phi) is 3.70. The first-order chi connectivity index (χ1) is 11.6. The summed E-state index contributed by atoms with van der Waals surface area (Å²) in [4.78, 5) is 34.2. The van der Waals surface area contributed by atoms with Crippen molar-refractivity contribution in [1.82, 2.24) is 18.9 Å². The van der Waals surface area contributed by atoms with Crippen LogP contribution in [0.25, 0.3) is 15.9 Å². The van der Waals surface area contributed by atoms with Crippen molar-refractivity contribution in [3.05, 3.63) is 68.3 Å². The van der Waals surface area contributed by atoms with Gasteiger partial charge in [0.25, 0.3) is 11.1 Å². The van der Waals surface area contributed by atoms with Gasteiger partial charge in [0.1, 0.15) is 10.5 Å². The molecule has 0 aromatic carbocycles. The molecule has 0 unspecified atom stereocenters. The van der Waals surface area contributed by atoms with Crippen molar-refractivity contribution in [2.45, 2.75) is 10.9 Å². The highest BCUT2D eigenvalue weighted by Gasteiger charge is 2.11. The maximum Gasteiger partial charge on any atom is 0.262 e. The number of aromatic nitrogens is 4. The van der Waals surface area contributed by atoms with E-state index >= 15 is 0 Å². The third-order valence-electron chi connectivity index (χ3n) is 3.64. The van der Waals surface area contributed by atoms with E-state index in [1.165, 1.54) is 38.1 Å². The normalized spacial score (nSPS) is 11.4. The predicted molar refractivity (Wildman–Crippen MR) is 95.9 cm³/mol. The summed E-state index contributed by atoms with van der Waals surface area (Å²) in [6, 6.07) is 8.73. The average Bonchev–Trinajstić information content (AvgIpc) is 3.05. The van der Waals surface area contributed by atoms with E-state index in [2.05, 4.69) is 9.97 Å². The molecule has 0 aliphatic rings. The van der Waals surface area contributed by atoms with Gasteiger partial charge in [0.2, 0.25) is 0 Å². The van der Waals surface area contributed by atoms with E-state index in [4.69, 9.17) is 0 Å². The van der Waals surface area contributed by atoms with Crippen LogP contribution in [0.15, 0.2) is 56.7 Å². The van der Waals surface area contributed by atoms with Crippen molar-refractivity contribution in [3.63, 3.8) is 0 Å². The lowest BCUT2D eigenvalue weighted by atomic mass is 10.4. The van der Waals surface area contributed by atoms with E-state index in [1.807, 2.05) is 11.4 Å². The second kappa shape index (κ2) is 5.88. The highest BCUT2D eigenvalue weighted by molar-refractivity contribution is 7.98. The van der Waals surface area contributed by atoms with Crippen LogP contribution in [-0.4, -0.2) is 18.9 Å². The fourth-order valence-corrected chi connectivity index (χ4v) is 4.09. The molecule has 0 saturated heterocycles. The summed E-state index contributed by atoms with van der Waals surface area (Å²) in [5.41, 5.74) is 1.09. The summed E-state index contributed by atoms with van der Waals surface area (Å²) in [7, 11) is 1.71. The zero-order valence-corrected chi connectivity index (χ0v) is 14.3. The maximum absolute atomic E-state index is 12.3. The molecule has 6 nitrogen and oxygen atoms in total. The van der Waals surface area contributed by atoms with E-state index in [9.17, 15) is 9.59 Å². The highest BCUT2D eigenvalue weighted by atomic mass is 32.2. The van der Waals surface area contributed by atoms with Gasteiger partial charge in [-0.1, -0.05) is 17.8 Å². The summed E-state index contributed by atoms with van der Waals surface area (Å²) >= 11 is 2.84. The van der Waals surface area contributed by atoms with Crippen LogP contribution in [0.2, 0.25) is 0 Å². The van der Waals surface area contributed by atoms with Crippen molar-refractivity contribution < 1.29 is 0 Å². The Balaban J connectivity index is 1.69. The van der Waals surface area contributed by atoms with Crippen molar-refractivity contribution in [2.24, 2.45) is 7.05 Å². The molecule has 0 radical (unpaired) electrons. The number of hydrogen-bond donors (Lipinski definition) is 0. The number of hydrogen-bond acceptors (Lipinski definition) is 6. The van der Waals surface area contributed by atoms with Gasteiger partial charge < -0.3 is 0 Å². The van der Waals surface area contributed by atoms with Gasteiger partial charge in [-0.15, -0.1) is 11.3 Å². The smallest absolute Gasteiger partial charge is 0.262 e. The third kappa shape index (κ3) is 2.53. The van der Waals surface area contributed by atoms with Crippen molar-refractivity contribution in [3.8, 4) is 0 Å². The van der Waals surface area contributed by atoms with Gasteiger partial charge in [-0.3, -0.25) is 18.6 Å². The van der Waals surface area contributed by atoms with Crippen molar-refractivity contribution in [2.75, 3.05) is 0 Å². The van der Waals surface area contributed by atoms with Gasteiger partial charge in [-0.25, -0.2) is 9.97 Å². The molecule has 8 heteroatoms. The Hall–Kier alpha value is -2.45. The van der Waals surface area contributed by atoms with E-state index in [1.54, 1.807) is 31.4 Å². The molecule has 0 bridgehead atoms. The van der Waals surface area contributed by atoms with E-state index in [-0.39, 0.29) is 11.1 Å². The Bertz CT molecular complexity index is 1180. The third-order valence-corrected chi connectivity index (χ3v) is 5.51. The standard InChI is InChI=1S/C16H12N4O2S2/c1-19-15(22)11-5-7-23-14(11)18-16(19)24-9-10-8-13(21)20-6-3-2-4-12(20)17-10/h2-8H,9H2,1H3. The van der Waals surface area contributed by atoms with Gasteiger partial charge >= 0.3 is 0 Å². The lowest BCUT2D eigenvalue weighted by molar-refractivity contribution is 0.727. The number of nitrogens with zero attached hydrogens (tertiary/aromatic N) is 4. The molecule has 0 fully saturated rings. The van der Waals surface area contributed by atoms with Gasteiger partial charge in [-0.05, 0) is 23.6 Å². The summed E-state index contributed by atoms with van der Waals surface area (Å²) in [6.07, 6.45) is 1.69. The average molecular weight is 356 g/mol. The van der Waals surface area contributed by atoms with Crippen LogP contribution in [0, 0.1) is 0 Å². The van der Waals surface area contributed by atoms with Crippen LogP contribution >= 0.6 is 23.1 Å². The van der Waals surface area contributed by atoms with Crippen LogP contribution < -0.4 is 11.1 Å². The lowest BCUT2D eigenvalue weighted by Crippen LogP contribution is -2.19. The minimum absolute atomic E-state index is 0.0599. The molecule has 4 heterocycles. The van der Waals surface area contributed by atoms with Crippen LogP contribution in [0.4, 0.5) is 0 Å². The lowest BCUT2D eigenvalue weighted by Gasteiger charge is -2.07. The molecular formula is C16H12N4O2S2. The van der Waals surface area contributed by atoms with Crippen LogP contribution in [0.3, 0.4) is 0 Å². The summed E-state index contributed by atoms with van der Waals surface area (Å²) in [5, 5.41) is 3.11. The van der Waals surface area contributed by atoms with Crippen LogP contribution in [0.5, 0.6) is 0 Å². The summed E-state index contributed by atoms with van der Waals surface area (Å²) < 4.78 is 3.04. The number of thiophene rings is 1. The summed E-state index contributed by atoms with van der Waals surface area (Å²) in [5.74, 6) is 0.470. The zero-order valence-electron chi connectivity index (χ0n) is 12.7. The topological polar surface area (TPSA) is 69.3 Å². The van der Waals surface area contributed by atoms with Crippen molar-refractivity contribution in [1.29, 1.82) is 0 Å². The fourth-order valence-electron chi connectivity index (χ4n) is 2.42. The molecular weight excluding hydrogens is 344 g/mol. The molecule has 0 aliphatic carbocycles. The first-order valence-corrected chi connectivity index (χ1v) is 9.04. The first kappa shape index (κ1) is 15.1. The molecule has 4 aromatic rings. The molecule has 0 N–H and O–H groups in total. The van der Waals surface area contributed by atoms with Crippen LogP contribution in [-0.2, 0) is 12.8 Å². The predicted octanol–water partition coefficient (Wildman–Crippen LogP) is 2.30. The van der Waals surface area contributed by atoms with Gasteiger partial charge in [-0.2, -0.15) is 0 Å². The van der Waals surface area contributed by atoms with Gasteiger partial charge in [0.05, 0.1) is 11.1 Å². The second-order valence-corrected chi connectivity index (χ2v) is 7.04. The Morgan fingerprint density at radius 1 is 1.21 bits per heavy atom. The van der Waals surface area contributed by atoms with Gasteiger partial charge in [0, 0.05) is 25.1 Å². The van der Waals surface area contributed by atoms with E-state index in [0.29, 0.717) is 27.6 Å². The molecule has 0 aliphatic heterocycles. The maximum atomic E-state index is 12.3. The Morgan fingerprint density at radius 2 is 2.08 bits per heavy atom. The number of pyridine rings is 1. The monoisotopic (exact) mass is 356 g/mol. The molecule has 120 valence electrons. The van der Waals surface area contributed by atoms with E-state index < -0.39 is 0 Å². The van der Waals surface area contributed by atoms with Gasteiger partial charge in [0.15, 0.2) is 5.16 Å². The SMILES string of the molecule is Cn1c(SCc2cc(=O)n3ccccc3n2)nc2sccc2c1=O. The Morgan fingerprint density at radius 3 is 2.96 bits per heavy atom. The molecule has 4 rings (SSSR count). The molecule has 0 amide bonds. The molecule has 0 spiro atoms. The fraction of sp³-hybridized carbons (Fsp3) is 0.125. The van der Waals surface area contributed by atoms with Crippen molar-refractivity contribution >= 4 is 39.0 Å². The quantitative estimate of drug-likeness (QED) is 0.416. The largest absolute Gasteiger partial charge is 0.290 e. The number of fused-ring (bicyclic) bond motifs is 2. The minimum atomic E-state index is -0.119. The Labute approximate surface area is 144 Å². The number of thioether (sulfide) groups is 1. The highest BCUT2D eigenvalue weighted by Crippen LogP contribution is 2.22. The number of rotatable bonds is 3. The molecule has 0 saturated carbocycles. The minimum Gasteiger partial charge on any atom is -0.290 e. The van der Waals surface area contributed by atoms with E-state index in [0.717, 1.165) is 4.83 Å². The second-order valence-electron chi connectivity index (χ2n) is 5.20. The van der Waals surface area contributed by atoms with Crippen LogP contribution in [0.1, 0.15) is 5.69 Å².